The first-order chi connectivity index (χ1) is 7.88. The quantitative estimate of drug-likeness (QED) is 0.786. The van der Waals surface area contributed by atoms with E-state index in [1.165, 1.54) is 24.9 Å². The lowest BCUT2D eigenvalue weighted by Crippen LogP contribution is -2.23. The van der Waals surface area contributed by atoms with Gasteiger partial charge in [-0.2, -0.15) is 0 Å². The predicted octanol–water partition coefficient (Wildman–Crippen LogP) is 2.55. The summed E-state index contributed by atoms with van der Waals surface area (Å²) >= 11 is 0. The van der Waals surface area contributed by atoms with Gasteiger partial charge in [-0.3, -0.25) is 0 Å². The van der Waals surface area contributed by atoms with E-state index < -0.39 is 0 Å². The van der Waals surface area contributed by atoms with Crippen LogP contribution in [0.3, 0.4) is 0 Å². The Hall–Kier alpha value is -1.28. The summed E-state index contributed by atoms with van der Waals surface area (Å²) in [6.07, 6.45) is 5.91. The number of hydrogen-bond acceptors (Lipinski definition) is 2. The molecule has 0 radical (unpaired) electrons. The number of ether oxygens (including phenoxy) is 1. The average Bonchev–Trinajstić information content (AvgIpc) is 2.38. The summed E-state index contributed by atoms with van der Waals surface area (Å²) in [6.45, 7) is 2.23. The van der Waals surface area contributed by atoms with Gasteiger partial charge in [0.15, 0.2) is 0 Å². The van der Waals surface area contributed by atoms with E-state index in [0.717, 1.165) is 18.7 Å². The predicted molar refractivity (Wildman–Crippen MR) is 66.9 cm³/mol. The Morgan fingerprint density at radius 1 is 1.31 bits per heavy atom. The molecule has 2 heteroatoms. The number of methoxy groups -OCH3 is 1. The lowest BCUT2D eigenvalue weighted by Gasteiger charge is -2.15. The van der Waals surface area contributed by atoms with Crippen LogP contribution >= 0.6 is 0 Å². The second kappa shape index (κ2) is 5.71. The summed E-state index contributed by atoms with van der Waals surface area (Å²) in [5.74, 6) is 0.927. The monoisotopic (exact) mass is 217 g/mol. The van der Waals surface area contributed by atoms with E-state index in [2.05, 4.69) is 23.5 Å². The van der Waals surface area contributed by atoms with Crippen LogP contribution < -0.4 is 10.1 Å². The Bertz CT molecular complexity index is 346. The molecule has 1 aromatic rings. The Balaban J connectivity index is 1.92. The molecule has 2 nitrogen and oxygen atoms in total. The minimum Gasteiger partial charge on any atom is -0.497 e. The van der Waals surface area contributed by atoms with Crippen molar-refractivity contribution in [2.75, 3.05) is 20.2 Å². The van der Waals surface area contributed by atoms with Gasteiger partial charge in [0, 0.05) is 6.54 Å². The summed E-state index contributed by atoms with van der Waals surface area (Å²) in [6, 6.07) is 8.30. The van der Waals surface area contributed by atoms with Crippen LogP contribution in [0.5, 0.6) is 5.75 Å². The molecular formula is C14H19NO. The van der Waals surface area contributed by atoms with Crippen molar-refractivity contribution in [3.8, 4) is 5.75 Å². The van der Waals surface area contributed by atoms with Crippen LogP contribution in [0.4, 0.5) is 0 Å². The first-order valence-electron chi connectivity index (χ1n) is 5.90. The smallest absolute Gasteiger partial charge is 0.118 e. The number of hydrogen-bond donors (Lipinski definition) is 1. The highest BCUT2D eigenvalue weighted by molar-refractivity contribution is 5.28. The van der Waals surface area contributed by atoms with Crippen LogP contribution in [0.15, 0.2) is 35.9 Å². The molecule has 86 valence electrons. The Labute approximate surface area is 97.3 Å². The summed E-state index contributed by atoms with van der Waals surface area (Å²) < 4.78 is 5.14. The molecule has 2 rings (SSSR count). The fourth-order valence-electron chi connectivity index (χ4n) is 1.98. The van der Waals surface area contributed by atoms with Gasteiger partial charge in [0.1, 0.15) is 5.75 Å². The highest BCUT2D eigenvalue weighted by atomic mass is 16.5. The van der Waals surface area contributed by atoms with Gasteiger partial charge < -0.3 is 10.1 Å². The third-order valence-electron chi connectivity index (χ3n) is 2.99. The summed E-state index contributed by atoms with van der Waals surface area (Å²) in [5.41, 5.74) is 2.89. The number of piperidine rings is 1. The van der Waals surface area contributed by atoms with Gasteiger partial charge in [-0.05, 0) is 43.5 Å². The highest BCUT2D eigenvalue weighted by Crippen LogP contribution is 2.14. The molecule has 1 heterocycles. The van der Waals surface area contributed by atoms with Crippen molar-refractivity contribution < 1.29 is 4.74 Å². The fraction of sp³-hybridized carbons (Fsp3) is 0.429. The van der Waals surface area contributed by atoms with Crippen molar-refractivity contribution >= 4 is 0 Å². The lowest BCUT2D eigenvalue weighted by molar-refractivity contribution is 0.414. The molecule has 1 saturated heterocycles. The van der Waals surface area contributed by atoms with Crippen LogP contribution in [0, 0.1) is 0 Å². The van der Waals surface area contributed by atoms with E-state index in [9.17, 15) is 0 Å². The van der Waals surface area contributed by atoms with Gasteiger partial charge in [0.2, 0.25) is 0 Å². The molecule has 1 N–H and O–H groups in total. The Morgan fingerprint density at radius 3 is 2.75 bits per heavy atom. The van der Waals surface area contributed by atoms with Crippen LogP contribution in [0.25, 0.3) is 0 Å². The van der Waals surface area contributed by atoms with E-state index in [0.29, 0.717) is 0 Å². The minimum absolute atomic E-state index is 0.927. The Morgan fingerprint density at radius 2 is 2.12 bits per heavy atom. The molecule has 0 spiro atoms. The summed E-state index contributed by atoms with van der Waals surface area (Å²) in [5, 5.41) is 3.40. The molecule has 1 aliphatic heterocycles. The highest BCUT2D eigenvalue weighted by Gasteiger charge is 2.03. The summed E-state index contributed by atoms with van der Waals surface area (Å²) in [7, 11) is 1.70. The summed E-state index contributed by atoms with van der Waals surface area (Å²) in [4.78, 5) is 0. The van der Waals surface area contributed by atoms with Crippen molar-refractivity contribution in [3.63, 3.8) is 0 Å². The maximum atomic E-state index is 5.14. The molecule has 0 amide bonds. The first-order valence-corrected chi connectivity index (χ1v) is 5.90. The molecule has 0 saturated carbocycles. The van der Waals surface area contributed by atoms with Crippen molar-refractivity contribution in [1.82, 2.24) is 5.32 Å². The standard InChI is InChI=1S/C14H19NO/c1-16-14-8-6-12(7-9-14)4-5-13-3-2-10-15-11-13/h5-9,15H,2-4,10-11H2,1H3. The topological polar surface area (TPSA) is 21.3 Å². The number of allylic oxidation sites excluding steroid dienone is 1. The Kier molecular flexibility index (Phi) is 4.00. The molecular weight excluding hydrogens is 198 g/mol. The maximum absolute atomic E-state index is 5.14. The molecule has 1 aromatic carbocycles. The van der Waals surface area contributed by atoms with E-state index in [1.54, 1.807) is 12.7 Å². The van der Waals surface area contributed by atoms with Gasteiger partial charge in [0.05, 0.1) is 7.11 Å². The van der Waals surface area contributed by atoms with Crippen molar-refractivity contribution in [1.29, 1.82) is 0 Å². The van der Waals surface area contributed by atoms with E-state index >= 15 is 0 Å². The van der Waals surface area contributed by atoms with Crippen molar-refractivity contribution in [2.24, 2.45) is 0 Å². The molecule has 0 atom stereocenters. The van der Waals surface area contributed by atoms with Crippen LogP contribution in [-0.2, 0) is 6.42 Å². The number of rotatable bonds is 3. The van der Waals surface area contributed by atoms with E-state index in [4.69, 9.17) is 4.74 Å². The maximum Gasteiger partial charge on any atom is 0.118 e. The van der Waals surface area contributed by atoms with E-state index in [1.807, 2.05) is 12.1 Å². The van der Waals surface area contributed by atoms with Gasteiger partial charge >= 0.3 is 0 Å². The molecule has 16 heavy (non-hydrogen) atoms. The minimum atomic E-state index is 0.927. The van der Waals surface area contributed by atoms with Gasteiger partial charge in [0.25, 0.3) is 0 Å². The number of nitrogens with one attached hydrogen (secondary N) is 1. The molecule has 1 fully saturated rings. The fourth-order valence-corrected chi connectivity index (χ4v) is 1.98. The SMILES string of the molecule is COc1ccc(CC=C2CCCNC2)cc1. The second-order valence-corrected chi connectivity index (χ2v) is 4.19. The van der Waals surface area contributed by atoms with E-state index in [-0.39, 0.29) is 0 Å². The molecule has 0 unspecified atom stereocenters. The van der Waals surface area contributed by atoms with Crippen LogP contribution in [0.2, 0.25) is 0 Å². The lowest BCUT2D eigenvalue weighted by atomic mass is 10.0. The molecule has 0 aliphatic carbocycles. The van der Waals surface area contributed by atoms with Gasteiger partial charge in [-0.15, -0.1) is 0 Å². The largest absolute Gasteiger partial charge is 0.497 e. The van der Waals surface area contributed by atoms with Gasteiger partial charge in [-0.25, -0.2) is 0 Å². The zero-order valence-electron chi connectivity index (χ0n) is 9.83. The second-order valence-electron chi connectivity index (χ2n) is 4.19. The van der Waals surface area contributed by atoms with Crippen LogP contribution in [0.1, 0.15) is 18.4 Å². The van der Waals surface area contributed by atoms with Gasteiger partial charge in [-0.1, -0.05) is 23.8 Å². The normalized spacial score (nSPS) is 18.7. The average molecular weight is 217 g/mol. The first kappa shape index (κ1) is 11.2. The molecule has 1 aliphatic rings. The molecule has 0 aromatic heterocycles. The third kappa shape index (κ3) is 3.11. The van der Waals surface area contributed by atoms with Crippen molar-refractivity contribution in [2.45, 2.75) is 19.3 Å². The van der Waals surface area contributed by atoms with Crippen LogP contribution in [-0.4, -0.2) is 20.2 Å². The zero-order valence-corrected chi connectivity index (χ0v) is 9.83. The van der Waals surface area contributed by atoms with Crippen molar-refractivity contribution in [3.05, 3.63) is 41.5 Å². The third-order valence-corrected chi connectivity index (χ3v) is 2.99. The zero-order chi connectivity index (χ0) is 11.2. The molecule has 0 bridgehead atoms. The number of benzene rings is 1.